The highest BCUT2D eigenvalue weighted by molar-refractivity contribution is 9.10. The number of halogens is 5. The van der Waals surface area contributed by atoms with Crippen molar-refractivity contribution in [2.45, 2.75) is 6.18 Å². The van der Waals surface area contributed by atoms with Crippen molar-refractivity contribution in [2.24, 2.45) is 0 Å². The van der Waals surface area contributed by atoms with Crippen LogP contribution in [0.25, 0.3) is 0 Å². The van der Waals surface area contributed by atoms with Gasteiger partial charge in [-0.05, 0) is 18.2 Å². The third kappa shape index (κ3) is 3.70. The fourth-order valence-corrected chi connectivity index (χ4v) is 1.44. The van der Waals surface area contributed by atoms with Crippen LogP contribution in [0.5, 0.6) is 5.75 Å². The van der Waals surface area contributed by atoms with Gasteiger partial charge in [-0.15, -0.1) is 0 Å². The molecule has 0 heterocycles. The van der Waals surface area contributed by atoms with Crippen molar-refractivity contribution < 1.29 is 22.3 Å². The Kier molecular flexibility index (Phi) is 3.96. The van der Waals surface area contributed by atoms with Crippen molar-refractivity contribution in [3.8, 4) is 5.75 Å². The summed E-state index contributed by atoms with van der Waals surface area (Å²) in [7, 11) is 0. The minimum Gasteiger partial charge on any atom is -0.491 e. The zero-order chi connectivity index (χ0) is 11.5. The second-order valence-corrected chi connectivity index (χ2v) is 3.63. The second-order valence-electron chi connectivity index (χ2n) is 2.71. The monoisotopic (exact) mass is 286 g/mol. The molecule has 0 aromatic heterocycles. The molecule has 0 radical (unpaired) electrons. The minimum atomic E-state index is -4.43. The van der Waals surface area contributed by atoms with Crippen molar-refractivity contribution in [3.05, 3.63) is 28.2 Å². The van der Waals surface area contributed by atoms with Gasteiger partial charge in [0, 0.05) is 4.47 Å². The Balaban J connectivity index is 2.95. The lowest BCUT2D eigenvalue weighted by atomic mass is 10.2. The number of benzene rings is 1. The minimum absolute atomic E-state index is 0.00523. The van der Waals surface area contributed by atoms with Crippen LogP contribution in [0.2, 0.25) is 0 Å². The molecule has 0 bridgehead atoms. The summed E-state index contributed by atoms with van der Waals surface area (Å²) in [5.41, 5.74) is -0.828. The van der Waals surface area contributed by atoms with Gasteiger partial charge in [0.2, 0.25) is 0 Å². The SMILES string of the molecule is FCCOc1cc(Br)cc(C(F)(F)F)c1. The predicted molar refractivity (Wildman–Crippen MR) is 50.6 cm³/mol. The molecule has 0 aliphatic carbocycles. The lowest BCUT2D eigenvalue weighted by molar-refractivity contribution is -0.137. The highest BCUT2D eigenvalue weighted by Crippen LogP contribution is 2.34. The molecule has 0 atom stereocenters. The Labute approximate surface area is 92.2 Å². The van der Waals surface area contributed by atoms with Crippen LogP contribution in [0.3, 0.4) is 0 Å². The summed E-state index contributed by atoms with van der Waals surface area (Å²) in [5, 5.41) is 0. The lowest BCUT2D eigenvalue weighted by Crippen LogP contribution is -2.06. The van der Waals surface area contributed by atoms with E-state index in [1.54, 1.807) is 0 Å². The quantitative estimate of drug-likeness (QED) is 0.768. The third-order valence-electron chi connectivity index (χ3n) is 1.54. The van der Waals surface area contributed by atoms with Gasteiger partial charge in [0.05, 0.1) is 5.56 Å². The van der Waals surface area contributed by atoms with Crippen LogP contribution in [0.4, 0.5) is 17.6 Å². The first kappa shape index (κ1) is 12.3. The van der Waals surface area contributed by atoms with Gasteiger partial charge in [-0.2, -0.15) is 13.2 Å². The summed E-state index contributed by atoms with van der Waals surface area (Å²) in [4.78, 5) is 0. The summed E-state index contributed by atoms with van der Waals surface area (Å²) in [6.45, 7) is -0.998. The predicted octanol–water partition coefficient (Wildman–Crippen LogP) is 3.82. The van der Waals surface area contributed by atoms with E-state index in [4.69, 9.17) is 4.74 Å². The first-order chi connectivity index (χ1) is 6.93. The largest absolute Gasteiger partial charge is 0.491 e. The zero-order valence-corrected chi connectivity index (χ0v) is 9.03. The van der Waals surface area contributed by atoms with E-state index < -0.39 is 18.4 Å². The van der Waals surface area contributed by atoms with E-state index in [1.807, 2.05) is 0 Å². The number of alkyl halides is 4. The molecule has 0 saturated carbocycles. The third-order valence-corrected chi connectivity index (χ3v) is 2.00. The summed E-state index contributed by atoms with van der Waals surface area (Å²) >= 11 is 2.92. The van der Waals surface area contributed by atoms with Gasteiger partial charge >= 0.3 is 6.18 Å². The van der Waals surface area contributed by atoms with Crippen molar-refractivity contribution in [1.29, 1.82) is 0 Å². The van der Waals surface area contributed by atoms with E-state index in [2.05, 4.69) is 15.9 Å². The molecule has 1 nitrogen and oxygen atoms in total. The van der Waals surface area contributed by atoms with Gasteiger partial charge in [-0.25, -0.2) is 4.39 Å². The molecule has 0 spiro atoms. The van der Waals surface area contributed by atoms with E-state index in [0.29, 0.717) is 0 Å². The van der Waals surface area contributed by atoms with E-state index in [1.165, 1.54) is 6.07 Å². The average Bonchev–Trinajstić information content (AvgIpc) is 2.12. The standard InChI is InChI=1S/C9H7BrF4O/c10-7-3-6(9(12,13)14)4-8(5-7)15-2-1-11/h3-5H,1-2H2. The molecule has 0 N–H and O–H groups in total. The van der Waals surface area contributed by atoms with Crippen LogP contribution < -0.4 is 4.74 Å². The fourth-order valence-electron chi connectivity index (χ4n) is 0.966. The maximum absolute atomic E-state index is 12.3. The highest BCUT2D eigenvalue weighted by atomic mass is 79.9. The Hall–Kier alpha value is -0.780. The smallest absolute Gasteiger partial charge is 0.416 e. The lowest BCUT2D eigenvalue weighted by Gasteiger charge is -2.10. The number of hydrogen-bond acceptors (Lipinski definition) is 1. The first-order valence-electron chi connectivity index (χ1n) is 4.00. The van der Waals surface area contributed by atoms with Gasteiger partial charge < -0.3 is 4.74 Å². The summed E-state index contributed by atoms with van der Waals surface area (Å²) < 4.78 is 53.7. The van der Waals surface area contributed by atoms with Gasteiger partial charge in [0.25, 0.3) is 0 Å². The van der Waals surface area contributed by atoms with Gasteiger partial charge in [0.15, 0.2) is 0 Å². The van der Waals surface area contributed by atoms with Crippen molar-refractivity contribution >= 4 is 15.9 Å². The highest BCUT2D eigenvalue weighted by Gasteiger charge is 2.31. The van der Waals surface area contributed by atoms with E-state index in [-0.39, 0.29) is 16.8 Å². The van der Waals surface area contributed by atoms with Crippen molar-refractivity contribution in [1.82, 2.24) is 0 Å². The Bertz CT molecular complexity index is 337. The maximum atomic E-state index is 12.3. The maximum Gasteiger partial charge on any atom is 0.416 e. The van der Waals surface area contributed by atoms with Crippen LogP contribution in [0, 0.1) is 0 Å². The summed E-state index contributed by atoms with van der Waals surface area (Å²) in [5.74, 6) is -0.00523. The Morgan fingerprint density at radius 2 is 1.87 bits per heavy atom. The molecular weight excluding hydrogens is 280 g/mol. The average molecular weight is 287 g/mol. The molecule has 15 heavy (non-hydrogen) atoms. The van der Waals surface area contributed by atoms with E-state index >= 15 is 0 Å². The summed E-state index contributed by atoms with van der Waals surface area (Å²) in [6, 6.07) is 3.12. The molecule has 1 aromatic rings. The molecule has 0 fully saturated rings. The fraction of sp³-hybridized carbons (Fsp3) is 0.333. The topological polar surface area (TPSA) is 9.23 Å². The first-order valence-corrected chi connectivity index (χ1v) is 4.79. The molecule has 0 saturated heterocycles. The van der Waals surface area contributed by atoms with E-state index in [0.717, 1.165) is 12.1 Å². The number of hydrogen-bond donors (Lipinski definition) is 0. The second kappa shape index (κ2) is 4.83. The molecule has 1 rings (SSSR count). The van der Waals surface area contributed by atoms with E-state index in [9.17, 15) is 17.6 Å². The summed E-state index contributed by atoms with van der Waals surface area (Å²) in [6.07, 6.45) is -4.43. The normalized spacial score (nSPS) is 11.5. The van der Waals surface area contributed by atoms with Crippen LogP contribution in [-0.4, -0.2) is 13.3 Å². The number of rotatable bonds is 3. The van der Waals surface area contributed by atoms with Crippen LogP contribution in [0.15, 0.2) is 22.7 Å². The molecule has 0 amide bonds. The van der Waals surface area contributed by atoms with Gasteiger partial charge in [-0.3, -0.25) is 0 Å². The van der Waals surface area contributed by atoms with Crippen LogP contribution in [-0.2, 0) is 6.18 Å². The number of ether oxygens (including phenoxy) is 1. The Morgan fingerprint density at radius 1 is 1.20 bits per heavy atom. The Morgan fingerprint density at radius 3 is 2.40 bits per heavy atom. The van der Waals surface area contributed by atoms with Crippen LogP contribution in [0.1, 0.15) is 5.56 Å². The molecule has 1 aromatic carbocycles. The molecule has 0 unspecified atom stereocenters. The molecule has 84 valence electrons. The van der Waals surface area contributed by atoms with Gasteiger partial charge in [-0.1, -0.05) is 15.9 Å². The van der Waals surface area contributed by atoms with Gasteiger partial charge in [0.1, 0.15) is 19.0 Å². The van der Waals surface area contributed by atoms with Crippen molar-refractivity contribution in [3.63, 3.8) is 0 Å². The molecule has 6 heteroatoms. The van der Waals surface area contributed by atoms with Crippen LogP contribution >= 0.6 is 15.9 Å². The molecule has 0 aliphatic rings. The zero-order valence-electron chi connectivity index (χ0n) is 7.44. The molecular formula is C9H7BrF4O. The molecule has 0 aliphatic heterocycles. The van der Waals surface area contributed by atoms with Crippen molar-refractivity contribution in [2.75, 3.05) is 13.3 Å².